The van der Waals surface area contributed by atoms with Gasteiger partial charge in [0, 0.05) is 27.2 Å². The summed E-state index contributed by atoms with van der Waals surface area (Å²) in [6.07, 6.45) is -0.282. The van der Waals surface area contributed by atoms with Crippen molar-refractivity contribution in [3.8, 4) is 0 Å². The minimum atomic E-state index is -1.44. The van der Waals surface area contributed by atoms with Crippen molar-refractivity contribution in [2.45, 2.75) is 39.2 Å². The molecule has 0 spiro atoms. The summed E-state index contributed by atoms with van der Waals surface area (Å²) >= 11 is 0. The zero-order valence-corrected chi connectivity index (χ0v) is 13.3. The molecule has 0 aromatic rings. The van der Waals surface area contributed by atoms with Crippen molar-refractivity contribution in [1.29, 1.82) is 0 Å². The molecule has 0 saturated carbocycles. The van der Waals surface area contributed by atoms with Crippen LogP contribution in [0.1, 0.15) is 33.6 Å². The third-order valence-electron chi connectivity index (χ3n) is 3.49. The van der Waals surface area contributed by atoms with Crippen LogP contribution < -0.4 is 0 Å². The van der Waals surface area contributed by atoms with Crippen LogP contribution in [0, 0.1) is 5.41 Å². The average molecular weight is 300 g/mol. The van der Waals surface area contributed by atoms with Crippen LogP contribution in [-0.4, -0.2) is 65.7 Å². The second-order valence-corrected chi connectivity index (χ2v) is 6.55. The first-order chi connectivity index (χ1) is 9.49. The molecule has 7 nitrogen and oxygen atoms in total. The number of amides is 2. The minimum absolute atomic E-state index is 0.0958. The van der Waals surface area contributed by atoms with Crippen LogP contribution >= 0.6 is 0 Å². The number of nitrogens with zero attached hydrogens (tertiary/aromatic N) is 2. The maximum atomic E-state index is 12.2. The summed E-state index contributed by atoms with van der Waals surface area (Å²) in [4.78, 5) is 38.4. The summed E-state index contributed by atoms with van der Waals surface area (Å²) < 4.78 is 5.26. The number of likely N-dealkylation sites (tertiary alicyclic amines) is 1. The number of carbonyl (C=O) groups excluding carboxylic acids is 2. The SMILES string of the molecule is CN(C)C(=O)C1(C(=O)O)CCN(C(=O)OC(C)(C)C)CC1. The summed E-state index contributed by atoms with van der Waals surface area (Å²) in [5, 5.41) is 9.44. The smallest absolute Gasteiger partial charge is 0.410 e. The molecule has 0 aromatic heterocycles. The molecule has 1 rings (SSSR count). The van der Waals surface area contributed by atoms with Crippen molar-refractivity contribution in [2.24, 2.45) is 5.41 Å². The lowest BCUT2D eigenvalue weighted by Gasteiger charge is -2.39. The maximum Gasteiger partial charge on any atom is 0.410 e. The molecule has 1 aliphatic heterocycles. The topological polar surface area (TPSA) is 87.2 Å². The van der Waals surface area contributed by atoms with Crippen LogP contribution in [-0.2, 0) is 14.3 Å². The van der Waals surface area contributed by atoms with Gasteiger partial charge in [-0.15, -0.1) is 0 Å². The summed E-state index contributed by atoms with van der Waals surface area (Å²) in [5.74, 6) is -1.57. The molecule has 0 aliphatic carbocycles. The standard InChI is InChI=1S/C14H24N2O5/c1-13(2,3)21-12(20)16-8-6-14(7-9-16,11(18)19)10(17)15(4)5/h6-9H2,1-5H3,(H,18,19). The Morgan fingerprint density at radius 2 is 1.62 bits per heavy atom. The highest BCUT2D eigenvalue weighted by Crippen LogP contribution is 2.34. The number of carboxylic acids is 1. The summed E-state index contributed by atoms with van der Waals surface area (Å²) in [7, 11) is 3.07. The first-order valence-electron chi connectivity index (χ1n) is 6.93. The highest BCUT2D eigenvalue weighted by molar-refractivity contribution is 6.02. The average Bonchev–Trinajstić information content (AvgIpc) is 2.35. The number of piperidine rings is 1. The number of carbonyl (C=O) groups is 3. The van der Waals surface area contributed by atoms with E-state index in [2.05, 4.69) is 0 Å². The normalized spacial score (nSPS) is 18.0. The number of hydrogen-bond acceptors (Lipinski definition) is 4. The molecule has 1 heterocycles. The lowest BCUT2D eigenvalue weighted by atomic mass is 9.77. The zero-order chi connectivity index (χ0) is 16.4. The van der Waals surface area contributed by atoms with Gasteiger partial charge in [0.2, 0.25) is 5.91 Å². The van der Waals surface area contributed by atoms with Crippen molar-refractivity contribution in [1.82, 2.24) is 9.80 Å². The first kappa shape index (κ1) is 17.3. The second kappa shape index (κ2) is 5.91. The Morgan fingerprint density at radius 3 is 1.95 bits per heavy atom. The molecule has 1 aliphatic rings. The molecule has 7 heteroatoms. The summed E-state index contributed by atoms with van der Waals surface area (Å²) in [5.41, 5.74) is -2.04. The van der Waals surface area contributed by atoms with Crippen molar-refractivity contribution in [3.05, 3.63) is 0 Å². The van der Waals surface area contributed by atoms with E-state index < -0.39 is 29.0 Å². The van der Waals surface area contributed by atoms with Crippen LogP contribution in [0.4, 0.5) is 4.79 Å². The van der Waals surface area contributed by atoms with Gasteiger partial charge in [0.15, 0.2) is 0 Å². The Labute approximate surface area is 124 Å². The molecule has 0 unspecified atom stereocenters. The van der Waals surface area contributed by atoms with E-state index in [9.17, 15) is 19.5 Å². The van der Waals surface area contributed by atoms with Crippen LogP contribution in [0.3, 0.4) is 0 Å². The molecule has 1 fully saturated rings. The maximum absolute atomic E-state index is 12.2. The van der Waals surface area contributed by atoms with Gasteiger partial charge in [-0.05, 0) is 33.6 Å². The summed E-state index contributed by atoms with van der Waals surface area (Å²) in [6.45, 7) is 5.70. The van der Waals surface area contributed by atoms with Gasteiger partial charge in [-0.25, -0.2) is 4.79 Å². The van der Waals surface area contributed by atoms with Crippen molar-refractivity contribution in [3.63, 3.8) is 0 Å². The van der Waals surface area contributed by atoms with E-state index in [1.54, 1.807) is 20.8 Å². The molecule has 0 atom stereocenters. The van der Waals surface area contributed by atoms with Crippen LogP contribution in [0.25, 0.3) is 0 Å². The molecule has 0 bridgehead atoms. The number of ether oxygens (including phenoxy) is 1. The predicted octanol–water partition coefficient (Wildman–Crippen LogP) is 1.18. The molecule has 21 heavy (non-hydrogen) atoms. The van der Waals surface area contributed by atoms with Gasteiger partial charge < -0.3 is 19.6 Å². The van der Waals surface area contributed by atoms with Crippen molar-refractivity contribution in [2.75, 3.05) is 27.2 Å². The fourth-order valence-electron chi connectivity index (χ4n) is 2.34. The van der Waals surface area contributed by atoms with Gasteiger partial charge in [0.05, 0.1) is 0 Å². The van der Waals surface area contributed by atoms with E-state index in [0.717, 1.165) is 0 Å². The van der Waals surface area contributed by atoms with Gasteiger partial charge in [0.25, 0.3) is 0 Å². The van der Waals surface area contributed by atoms with Gasteiger partial charge in [-0.2, -0.15) is 0 Å². The van der Waals surface area contributed by atoms with Gasteiger partial charge in [-0.3, -0.25) is 9.59 Å². The first-order valence-corrected chi connectivity index (χ1v) is 6.93. The molecule has 1 N–H and O–H groups in total. The lowest BCUT2D eigenvalue weighted by Crippen LogP contribution is -2.54. The van der Waals surface area contributed by atoms with Crippen LogP contribution in [0.5, 0.6) is 0 Å². The fourth-order valence-corrected chi connectivity index (χ4v) is 2.34. The lowest BCUT2D eigenvalue weighted by molar-refractivity contribution is -0.163. The van der Waals surface area contributed by atoms with E-state index in [1.165, 1.54) is 23.9 Å². The molecular formula is C14H24N2O5. The number of hydrogen-bond donors (Lipinski definition) is 1. The van der Waals surface area contributed by atoms with Gasteiger partial charge in [-0.1, -0.05) is 0 Å². The van der Waals surface area contributed by atoms with Crippen LogP contribution in [0.2, 0.25) is 0 Å². The Morgan fingerprint density at radius 1 is 1.14 bits per heavy atom. The van der Waals surface area contributed by atoms with E-state index in [4.69, 9.17) is 4.74 Å². The molecule has 0 radical (unpaired) electrons. The highest BCUT2D eigenvalue weighted by Gasteiger charge is 2.49. The third-order valence-corrected chi connectivity index (χ3v) is 3.49. The third kappa shape index (κ3) is 3.86. The Bertz CT molecular complexity index is 431. The molecule has 1 saturated heterocycles. The zero-order valence-electron chi connectivity index (χ0n) is 13.3. The summed E-state index contributed by atoms with van der Waals surface area (Å²) in [6, 6.07) is 0. The largest absolute Gasteiger partial charge is 0.480 e. The van der Waals surface area contributed by atoms with E-state index in [0.29, 0.717) is 0 Å². The van der Waals surface area contributed by atoms with E-state index >= 15 is 0 Å². The minimum Gasteiger partial charge on any atom is -0.480 e. The van der Waals surface area contributed by atoms with Crippen molar-refractivity contribution >= 4 is 18.0 Å². The van der Waals surface area contributed by atoms with Crippen molar-refractivity contribution < 1.29 is 24.2 Å². The molecule has 0 aromatic carbocycles. The quantitative estimate of drug-likeness (QED) is 0.774. The Kier molecular flexibility index (Phi) is 4.86. The number of aliphatic carboxylic acids is 1. The molecular weight excluding hydrogens is 276 g/mol. The fraction of sp³-hybridized carbons (Fsp3) is 0.786. The number of carboxylic acid groups (broad SMARTS) is 1. The highest BCUT2D eigenvalue weighted by atomic mass is 16.6. The van der Waals surface area contributed by atoms with Gasteiger partial charge in [0.1, 0.15) is 11.0 Å². The predicted molar refractivity (Wildman–Crippen MR) is 75.8 cm³/mol. The van der Waals surface area contributed by atoms with Gasteiger partial charge >= 0.3 is 12.1 Å². The number of rotatable bonds is 2. The Hall–Kier alpha value is -1.79. The Balaban J connectivity index is 2.78. The van der Waals surface area contributed by atoms with E-state index in [1.807, 2.05) is 0 Å². The monoisotopic (exact) mass is 300 g/mol. The van der Waals surface area contributed by atoms with E-state index in [-0.39, 0.29) is 25.9 Å². The second-order valence-electron chi connectivity index (χ2n) is 6.55. The molecule has 120 valence electrons. The van der Waals surface area contributed by atoms with Crippen LogP contribution in [0.15, 0.2) is 0 Å². The molecule has 2 amide bonds.